The van der Waals surface area contributed by atoms with Crippen LogP contribution in [-0.2, 0) is 38.7 Å². The number of aromatic nitrogens is 1. The van der Waals surface area contributed by atoms with Gasteiger partial charge < -0.3 is 20.4 Å². The van der Waals surface area contributed by atoms with Crippen molar-refractivity contribution in [2.45, 2.75) is 51.7 Å². The summed E-state index contributed by atoms with van der Waals surface area (Å²) >= 11 is 0. The van der Waals surface area contributed by atoms with Crippen molar-refractivity contribution in [2.75, 3.05) is 6.54 Å². The normalized spacial score (nSPS) is 17.9. The van der Waals surface area contributed by atoms with Crippen molar-refractivity contribution in [1.29, 1.82) is 0 Å². The summed E-state index contributed by atoms with van der Waals surface area (Å²) in [5.41, 5.74) is 8.45. The first-order valence-electron chi connectivity index (χ1n) is 12.4. The Morgan fingerprint density at radius 2 is 1.77 bits per heavy atom. The molecule has 3 aromatic rings. The van der Waals surface area contributed by atoms with E-state index in [-0.39, 0.29) is 18.9 Å². The Kier molecular flexibility index (Phi) is 8.19. The van der Waals surface area contributed by atoms with Crippen LogP contribution >= 0.6 is 0 Å². The third-order valence-electron chi connectivity index (χ3n) is 6.71. The maximum absolute atomic E-state index is 13.4. The summed E-state index contributed by atoms with van der Waals surface area (Å²) in [5.74, 6) is -3.20. The largest absolute Gasteiger partial charge is 0.461 e. The van der Waals surface area contributed by atoms with Gasteiger partial charge in [-0.05, 0) is 36.5 Å². The summed E-state index contributed by atoms with van der Waals surface area (Å²) < 4.78 is 7.81. The van der Waals surface area contributed by atoms with Gasteiger partial charge in [-0.2, -0.15) is 0 Å². The van der Waals surface area contributed by atoms with Crippen molar-refractivity contribution >= 4 is 28.7 Å². The fourth-order valence-corrected chi connectivity index (χ4v) is 4.87. The first-order chi connectivity index (χ1) is 17.0. The summed E-state index contributed by atoms with van der Waals surface area (Å²) in [4.78, 5) is 38.6. The molecule has 3 N–H and O–H groups in total. The van der Waals surface area contributed by atoms with Gasteiger partial charge in [-0.25, -0.2) is 0 Å². The number of ether oxygens (including phenoxy) is 1. The number of primary amides is 1. The van der Waals surface area contributed by atoms with Crippen molar-refractivity contribution in [2.24, 2.45) is 17.6 Å². The number of aryl methyl sites for hydroxylation is 1. The Balaban J connectivity index is 1.66. The Morgan fingerprint density at radius 1 is 1.03 bits per heavy atom. The van der Waals surface area contributed by atoms with Gasteiger partial charge in [-0.1, -0.05) is 61.4 Å². The van der Waals surface area contributed by atoms with E-state index in [2.05, 4.69) is 22.1 Å². The topological polar surface area (TPSA) is 103 Å². The third-order valence-corrected chi connectivity index (χ3v) is 6.71. The lowest BCUT2D eigenvalue weighted by Crippen LogP contribution is -2.41. The molecule has 0 aliphatic carbocycles. The zero-order valence-electron chi connectivity index (χ0n) is 19.9. The lowest BCUT2D eigenvalue weighted by atomic mass is 9.83. The van der Waals surface area contributed by atoms with Gasteiger partial charge >= 0.3 is 5.97 Å². The summed E-state index contributed by atoms with van der Waals surface area (Å²) in [7, 11) is 0. The fourth-order valence-electron chi connectivity index (χ4n) is 4.87. The van der Waals surface area contributed by atoms with Crippen LogP contribution in [0.1, 0.15) is 43.2 Å². The van der Waals surface area contributed by atoms with Crippen LogP contribution in [0, 0.1) is 11.8 Å². The number of hydrogen-bond donors (Lipinski definition) is 2. The molecule has 35 heavy (non-hydrogen) atoms. The van der Waals surface area contributed by atoms with Crippen molar-refractivity contribution in [1.82, 2.24) is 9.88 Å². The van der Waals surface area contributed by atoms with Crippen LogP contribution in [0.5, 0.6) is 0 Å². The molecule has 2 unspecified atom stereocenters. The molecule has 0 saturated heterocycles. The van der Waals surface area contributed by atoms with Crippen molar-refractivity contribution in [3.8, 4) is 0 Å². The number of nitrogens with two attached hydrogens (primary N) is 1. The van der Waals surface area contributed by atoms with Gasteiger partial charge in [0, 0.05) is 36.6 Å². The van der Waals surface area contributed by atoms with Gasteiger partial charge in [0.25, 0.3) is 0 Å². The fraction of sp³-hybridized carbons (Fsp3) is 0.393. The molecule has 0 spiro atoms. The van der Waals surface area contributed by atoms with E-state index >= 15 is 0 Å². The van der Waals surface area contributed by atoms with Crippen LogP contribution in [0.15, 0.2) is 60.8 Å². The number of carbonyl (C=O) groups excluding carboxylic acids is 3. The van der Waals surface area contributed by atoms with Gasteiger partial charge in [0.1, 0.15) is 6.61 Å². The maximum atomic E-state index is 13.4. The van der Waals surface area contributed by atoms with Crippen LogP contribution in [0.4, 0.5) is 0 Å². The summed E-state index contributed by atoms with van der Waals surface area (Å²) in [6.45, 7) is 1.51. The Morgan fingerprint density at radius 3 is 2.57 bits per heavy atom. The molecule has 7 heteroatoms. The van der Waals surface area contributed by atoms with Crippen LogP contribution in [0.25, 0.3) is 10.9 Å². The maximum Gasteiger partial charge on any atom is 0.310 e. The highest BCUT2D eigenvalue weighted by molar-refractivity contribution is 5.90. The highest BCUT2D eigenvalue weighted by atomic mass is 16.5. The molecule has 2 bridgehead atoms. The Labute approximate surface area is 205 Å². The lowest BCUT2D eigenvalue weighted by molar-refractivity contribution is -0.156. The van der Waals surface area contributed by atoms with E-state index in [0.29, 0.717) is 13.0 Å². The van der Waals surface area contributed by atoms with E-state index < -0.39 is 23.7 Å². The second-order valence-corrected chi connectivity index (χ2v) is 9.25. The van der Waals surface area contributed by atoms with Crippen molar-refractivity contribution in [3.05, 3.63) is 71.9 Å². The molecule has 2 amide bonds. The average molecular weight is 476 g/mol. The number of para-hydroxylation sites is 1. The predicted octanol–water partition coefficient (Wildman–Crippen LogP) is 3.73. The number of hydrogen-bond acceptors (Lipinski definition) is 4. The molecule has 1 aliphatic heterocycles. The molecule has 0 radical (unpaired) electrons. The number of esters is 1. The van der Waals surface area contributed by atoms with Gasteiger partial charge in [0.15, 0.2) is 0 Å². The molecular formula is C28H33N3O4. The second-order valence-electron chi connectivity index (χ2n) is 9.25. The summed E-state index contributed by atoms with van der Waals surface area (Å²) in [6.07, 6.45) is 6.18. The third kappa shape index (κ3) is 6.29. The molecule has 1 aliphatic rings. The number of nitrogens with zero attached hydrogens (tertiary/aromatic N) is 1. The van der Waals surface area contributed by atoms with Gasteiger partial charge in [-0.15, -0.1) is 0 Å². The number of fused-ring (bicyclic) bond motifs is 5. The minimum absolute atomic E-state index is 0.0720. The van der Waals surface area contributed by atoms with Crippen LogP contribution in [0.3, 0.4) is 0 Å². The highest BCUT2D eigenvalue weighted by Gasteiger charge is 2.37. The van der Waals surface area contributed by atoms with E-state index in [1.807, 2.05) is 48.5 Å². The minimum Gasteiger partial charge on any atom is -0.461 e. The molecule has 7 nitrogen and oxygen atoms in total. The quantitative estimate of drug-likeness (QED) is 0.530. The number of amides is 2. The lowest BCUT2D eigenvalue weighted by Gasteiger charge is -2.24. The molecule has 0 fully saturated rings. The number of nitrogens with one attached hydrogen (secondary N) is 1. The van der Waals surface area contributed by atoms with E-state index in [0.717, 1.165) is 54.3 Å². The molecule has 4 rings (SSSR count). The molecule has 0 saturated carbocycles. The van der Waals surface area contributed by atoms with Crippen LogP contribution in [-0.4, -0.2) is 28.9 Å². The monoisotopic (exact) mass is 475 g/mol. The summed E-state index contributed by atoms with van der Waals surface area (Å²) in [6, 6.07) is 17.4. The zero-order chi connectivity index (χ0) is 24.6. The molecule has 2 atom stereocenters. The Bertz CT molecular complexity index is 1170. The number of rotatable bonds is 6. The van der Waals surface area contributed by atoms with Gasteiger partial charge in [0.2, 0.25) is 11.8 Å². The minimum atomic E-state index is -0.969. The molecule has 2 heterocycles. The average Bonchev–Trinajstić information content (AvgIpc) is 3.22. The van der Waals surface area contributed by atoms with Crippen LogP contribution < -0.4 is 11.1 Å². The zero-order valence-corrected chi connectivity index (χ0v) is 19.9. The summed E-state index contributed by atoms with van der Waals surface area (Å²) in [5, 5.41) is 4.05. The van der Waals surface area contributed by atoms with E-state index in [9.17, 15) is 14.4 Å². The van der Waals surface area contributed by atoms with E-state index in [4.69, 9.17) is 10.5 Å². The first kappa shape index (κ1) is 24.5. The van der Waals surface area contributed by atoms with Gasteiger partial charge in [-0.3, -0.25) is 14.4 Å². The van der Waals surface area contributed by atoms with Crippen molar-refractivity contribution in [3.63, 3.8) is 0 Å². The van der Waals surface area contributed by atoms with E-state index in [1.165, 1.54) is 0 Å². The van der Waals surface area contributed by atoms with Crippen LogP contribution in [0.2, 0.25) is 0 Å². The number of benzene rings is 2. The first-order valence-corrected chi connectivity index (χ1v) is 12.4. The van der Waals surface area contributed by atoms with E-state index in [1.54, 1.807) is 0 Å². The molecule has 2 aromatic carbocycles. The highest BCUT2D eigenvalue weighted by Crippen LogP contribution is 2.29. The second kappa shape index (κ2) is 11.7. The molecule has 1 aromatic heterocycles. The van der Waals surface area contributed by atoms with Crippen molar-refractivity contribution < 1.29 is 19.1 Å². The standard InChI is InChI=1S/C28H33N3O4/c29-26(32)17-24(28(34)35-19-20-10-4-3-5-11-20)23-16-21-18-31(25-13-7-6-12-22(21)25)15-9-2-1-8-14-30-27(23)33/h3-7,10-13,18,23-24H,1-2,8-9,14-17,19H2,(H2,29,32)(H,30,33). The SMILES string of the molecule is NC(=O)CC(C(=O)OCc1ccccc1)C1Cc2cn(c3ccccc23)CCCCCCNC1=O. The number of carbonyl (C=O) groups is 3. The predicted molar refractivity (Wildman–Crippen MR) is 134 cm³/mol. The smallest absolute Gasteiger partial charge is 0.310 e. The Hall–Kier alpha value is -3.61. The molecular weight excluding hydrogens is 442 g/mol. The van der Waals surface area contributed by atoms with Gasteiger partial charge in [0.05, 0.1) is 11.8 Å². The molecule has 184 valence electrons.